The van der Waals surface area contributed by atoms with Crippen LogP contribution in [0.4, 0.5) is 0 Å². The minimum atomic E-state index is -0.322. The van der Waals surface area contributed by atoms with Gasteiger partial charge in [0.2, 0.25) is 0 Å². The number of imidazole rings is 1. The highest BCUT2D eigenvalue weighted by atomic mass is 16.5. The Kier molecular flexibility index (Phi) is 5.14. The Bertz CT molecular complexity index is 952. The minimum Gasteiger partial charge on any atom is -0.461 e. The minimum absolute atomic E-state index is 0.127. The van der Waals surface area contributed by atoms with Crippen molar-refractivity contribution in [3.05, 3.63) is 76.7 Å². The fourth-order valence-electron chi connectivity index (χ4n) is 2.74. The molecule has 0 bridgehead atoms. The molecule has 0 spiro atoms. The summed E-state index contributed by atoms with van der Waals surface area (Å²) < 4.78 is 8.39. The number of fused-ring (bicyclic) bond motifs is 1. The molecule has 0 fully saturated rings. The number of esters is 1. The van der Waals surface area contributed by atoms with Crippen molar-refractivity contribution in [1.82, 2.24) is 9.13 Å². The molecule has 3 aromatic rings. The predicted octanol–water partition coefficient (Wildman–Crippen LogP) is 2.99. The summed E-state index contributed by atoms with van der Waals surface area (Å²) in [6, 6.07) is 17.3. The summed E-state index contributed by atoms with van der Waals surface area (Å²) in [7, 11) is 1.73. The van der Waals surface area contributed by atoms with E-state index in [-0.39, 0.29) is 24.7 Å². The number of benzene rings is 2. The molecule has 0 aliphatic rings. The monoisotopic (exact) mass is 336 g/mol. The van der Waals surface area contributed by atoms with Crippen molar-refractivity contribution >= 4 is 23.1 Å². The van der Waals surface area contributed by atoms with Crippen LogP contribution in [0.25, 0.3) is 17.1 Å². The lowest BCUT2D eigenvalue weighted by Crippen LogP contribution is -2.23. The van der Waals surface area contributed by atoms with Gasteiger partial charge in [-0.1, -0.05) is 48.5 Å². The van der Waals surface area contributed by atoms with Gasteiger partial charge >= 0.3 is 11.7 Å². The number of carbonyl (C=O) groups excluding carboxylic acids is 1. The number of aromatic nitrogens is 2. The van der Waals surface area contributed by atoms with E-state index in [0.29, 0.717) is 6.54 Å². The first-order valence-corrected chi connectivity index (χ1v) is 8.18. The van der Waals surface area contributed by atoms with Gasteiger partial charge in [0.1, 0.15) is 6.61 Å². The van der Waals surface area contributed by atoms with Crippen LogP contribution in [0.2, 0.25) is 0 Å². The van der Waals surface area contributed by atoms with E-state index in [1.807, 2.05) is 60.7 Å². The van der Waals surface area contributed by atoms with E-state index in [1.165, 1.54) is 0 Å². The van der Waals surface area contributed by atoms with Gasteiger partial charge in [-0.25, -0.2) is 4.79 Å². The first kappa shape index (κ1) is 16.8. The molecule has 0 N–H and O–H groups in total. The lowest BCUT2D eigenvalue weighted by atomic mass is 10.2. The Morgan fingerprint density at radius 3 is 2.48 bits per heavy atom. The second-order valence-electron chi connectivity index (χ2n) is 5.73. The van der Waals surface area contributed by atoms with Crippen LogP contribution in [0.3, 0.4) is 0 Å². The lowest BCUT2D eigenvalue weighted by molar-refractivity contribution is -0.142. The molecule has 0 amide bonds. The highest BCUT2D eigenvalue weighted by Crippen LogP contribution is 2.12. The normalized spacial score (nSPS) is 11.2. The van der Waals surface area contributed by atoms with Crippen LogP contribution in [0.5, 0.6) is 0 Å². The number of hydrogen-bond donors (Lipinski definition) is 0. The second-order valence-corrected chi connectivity index (χ2v) is 5.73. The van der Waals surface area contributed by atoms with Crippen LogP contribution in [-0.4, -0.2) is 21.7 Å². The second kappa shape index (κ2) is 7.66. The first-order valence-electron chi connectivity index (χ1n) is 8.18. The van der Waals surface area contributed by atoms with Crippen molar-refractivity contribution < 1.29 is 9.53 Å². The Hall–Kier alpha value is -3.08. The molecule has 128 valence electrons. The fourth-order valence-corrected chi connectivity index (χ4v) is 2.74. The highest BCUT2D eigenvalue weighted by molar-refractivity contribution is 5.76. The van der Waals surface area contributed by atoms with E-state index in [9.17, 15) is 9.59 Å². The lowest BCUT2D eigenvalue weighted by Gasteiger charge is -2.04. The van der Waals surface area contributed by atoms with E-state index in [0.717, 1.165) is 16.6 Å². The average molecular weight is 336 g/mol. The molecule has 0 radical (unpaired) electrons. The SMILES string of the molecule is Cn1c(=O)n(CCC(=O)OC/C=C/c2ccccc2)c2ccccc21. The molecule has 0 atom stereocenters. The topological polar surface area (TPSA) is 53.2 Å². The van der Waals surface area contributed by atoms with Crippen LogP contribution in [-0.2, 0) is 23.1 Å². The molecule has 0 saturated heterocycles. The van der Waals surface area contributed by atoms with Crippen LogP contribution < -0.4 is 5.69 Å². The molecule has 25 heavy (non-hydrogen) atoms. The molecular weight excluding hydrogens is 316 g/mol. The molecule has 5 nitrogen and oxygen atoms in total. The van der Waals surface area contributed by atoms with Crippen molar-refractivity contribution in [2.24, 2.45) is 7.05 Å². The van der Waals surface area contributed by atoms with Crippen LogP contribution >= 0.6 is 0 Å². The zero-order chi connectivity index (χ0) is 17.6. The third kappa shape index (κ3) is 3.88. The molecule has 5 heteroatoms. The van der Waals surface area contributed by atoms with Gasteiger partial charge in [-0.2, -0.15) is 0 Å². The quantitative estimate of drug-likeness (QED) is 0.650. The maximum Gasteiger partial charge on any atom is 0.328 e. The van der Waals surface area contributed by atoms with E-state index in [1.54, 1.807) is 22.3 Å². The summed E-state index contributed by atoms with van der Waals surface area (Å²) in [5.41, 5.74) is 2.61. The number of para-hydroxylation sites is 2. The average Bonchev–Trinajstić information content (AvgIpc) is 2.89. The van der Waals surface area contributed by atoms with E-state index in [2.05, 4.69) is 0 Å². The van der Waals surface area contributed by atoms with E-state index in [4.69, 9.17) is 4.74 Å². The Balaban J connectivity index is 1.56. The third-order valence-electron chi connectivity index (χ3n) is 4.04. The Labute approximate surface area is 145 Å². The molecule has 0 saturated carbocycles. The number of hydrogen-bond acceptors (Lipinski definition) is 3. The van der Waals surface area contributed by atoms with Gasteiger partial charge in [-0.05, 0) is 23.8 Å². The first-order chi connectivity index (χ1) is 12.2. The van der Waals surface area contributed by atoms with Crippen molar-refractivity contribution in [3.8, 4) is 0 Å². The number of nitrogens with zero attached hydrogens (tertiary/aromatic N) is 2. The maximum atomic E-state index is 12.3. The summed E-state index contributed by atoms with van der Waals surface area (Å²) in [4.78, 5) is 24.2. The number of rotatable bonds is 6. The molecule has 2 aromatic carbocycles. The van der Waals surface area contributed by atoms with Gasteiger partial charge in [0, 0.05) is 13.6 Å². The predicted molar refractivity (Wildman–Crippen MR) is 98.2 cm³/mol. The summed E-state index contributed by atoms with van der Waals surface area (Å²) in [5.74, 6) is -0.322. The Morgan fingerprint density at radius 2 is 1.72 bits per heavy atom. The standard InChI is InChI=1S/C20H20N2O3/c1-21-17-11-5-6-12-18(17)22(20(21)24)14-13-19(23)25-15-7-10-16-8-3-2-4-9-16/h2-12H,13-15H2,1H3/b10-7+. The van der Waals surface area contributed by atoms with Gasteiger partial charge < -0.3 is 4.74 Å². The summed E-state index contributed by atoms with van der Waals surface area (Å²) in [5, 5.41) is 0. The van der Waals surface area contributed by atoms with Crippen molar-refractivity contribution in [3.63, 3.8) is 0 Å². The zero-order valence-electron chi connectivity index (χ0n) is 14.1. The summed E-state index contributed by atoms with van der Waals surface area (Å²) in [6.45, 7) is 0.527. The summed E-state index contributed by atoms with van der Waals surface area (Å²) >= 11 is 0. The molecule has 0 unspecified atom stereocenters. The number of ether oxygens (including phenoxy) is 1. The number of carbonyl (C=O) groups is 1. The van der Waals surface area contributed by atoms with Gasteiger partial charge in [-0.15, -0.1) is 0 Å². The molecular formula is C20H20N2O3. The fraction of sp³-hybridized carbons (Fsp3) is 0.200. The van der Waals surface area contributed by atoms with Gasteiger partial charge in [-0.3, -0.25) is 13.9 Å². The molecule has 3 rings (SSSR count). The van der Waals surface area contributed by atoms with Gasteiger partial charge in [0.25, 0.3) is 0 Å². The smallest absolute Gasteiger partial charge is 0.328 e. The summed E-state index contributed by atoms with van der Waals surface area (Å²) in [6.07, 6.45) is 3.87. The molecule has 1 aromatic heterocycles. The third-order valence-corrected chi connectivity index (χ3v) is 4.04. The van der Waals surface area contributed by atoms with Crippen molar-refractivity contribution in [1.29, 1.82) is 0 Å². The van der Waals surface area contributed by atoms with Gasteiger partial charge in [0.05, 0.1) is 17.5 Å². The highest BCUT2D eigenvalue weighted by Gasteiger charge is 2.11. The van der Waals surface area contributed by atoms with Crippen molar-refractivity contribution in [2.45, 2.75) is 13.0 Å². The molecule has 0 aliphatic heterocycles. The van der Waals surface area contributed by atoms with Crippen LogP contribution in [0.1, 0.15) is 12.0 Å². The molecule has 0 aliphatic carbocycles. The van der Waals surface area contributed by atoms with Crippen molar-refractivity contribution in [2.75, 3.05) is 6.61 Å². The van der Waals surface area contributed by atoms with Crippen LogP contribution in [0, 0.1) is 0 Å². The van der Waals surface area contributed by atoms with Crippen LogP contribution in [0.15, 0.2) is 65.5 Å². The van der Waals surface area contributed by atoms with E-state index >= 15 is 0 Å². The largest absolute Gasteiger partial charge is 0.461 e. The molecule has 1 heterocycles. The Morgan fingerprint density at radius 1 is 1.04 bits per heavy atom. The van der Waals surface area contributed by atoms with E-state index < -0.39 is 0 Å². The van der Waals surface area contributed by atoms with Gasteiger partial charge in [0.15, 0.2) is 0 Å². The zero-order valence-corrected chi connectivity index (χ0v) is 14.1. The maximum absolute atomic E-state index is 12.3. The number of aryl methyl sites for hydroxylation is 2.